The summed E-state index contributed by atoms with van der Waals surface area (Å²) in [6, 6.07) is 0. The molecule has 2 nitrogen and oxygen atoms in total. The number of nitrogens with one attached hydrogen (secondary N) is 1. The monoisotopic (exact) mass is 247 g/mol. The molecule has 16 heavy (non-hydrogen) atoms. The minimum Gasteiger partial charge on any atom is -0.394 e. The average Bonchev–Trinajstić information content (AvgIpc) is 2.31. The Hall–Kier alpha value is 0.270. The van der Waals surface area contributed by atoms with E-state index >= 15 is 0 Å². The first-order chi connectivity index (χ1) is 7.68. The molecule has 0 aliphatic rings. The molecule has 0 bridgehead atoms. The van der Waals surface area contributed by atoms with Crippen molar-refractivity contribution in [1.29, 1.82) is 0 Å². The van der Waals surface area contributed by atoms with Crippen LogP contribution in [-0.4, -0.2) is 35.3 Å². The first kappa shape index (κ1) is 16.3. The summed E-state index contributed by atoms with van der Waals surface area (Å²) in [7, 11) is 0. The summed E-state index contributed by atoms with van der Waals surface area (Å²) in [5, 5.41) is 12.8. The van der Waals surface area contributed by atoms with Crippen molar-refractivity contribution in [1.82, 2.24) is 5.32 Å². The highest BCUT2D eigenvalue weighted by Gasteiger charge is 2.20. The van der Waals surface area contributed by atoms with Crippen LogP contribution >= 0.6 is 11.8 Å². The van der Waals surface area contributed by atoms with E-state index in [0.717, 1.165) is 19.4 Å². The number of unbranched alkanes of at least 4 members (excludes halogenated alkanes) is 1. The van der Waals surface area contributed by atoms with Crippen molar-refractivity contribution in [3.05, 3.63) is 0 Å². The van der Waals surface area contributed by atoms with Gasteiger partial charge < -0.3 is 10.4 Å². The van der Waals surface area contributed by atoms with Crippen LogP contribution in [0.2, 0.25) is 0 Å². The molecular formula is C13H29NOS. The number of hydrogen-bond donors (Lipinski definition) is 2. The van der Waals surface area contributed by atoms with Crippen molar-refractivity contribution in [2.75, 3.05) is 24.7 Å². The normalized spacial score (nSPS) is 15.0. The molecule has 3 heteroatoms. The summed E-state index contributed by atoms with van der Waals surface area (Å²) in [5.41, 5.74) is -0.0641. The summed E-state index contributed by atoms with van der Waals surface area (Å²) >= 11 is 2.05. The highest BCUT2D eigenvalue weighted by molar-refractivity contribution is 7.99. The molecule has 0 aromatic heterocycles. The number of rotatable bonds is 11. The van der Waals surface area contributed by atoms with Gasteiger partial charge in [-0.25, -0.2) is 0 Å². The van der Waals surface area contributed by atoms with Gasteiger partial charge in [-0.1, -0.05) is 20.3 Å². The SMILES string of the molecule is CCCNC(C)(CO)CCCCSCCC. The highest BCUT2D eigenvalue weighted by Crippen LogP contribution is 2.15. The Labute approximate surface area is 106 Å². The minimum absolute atomic E-state index is 0.0641. The van der Waals surface area contributed by atoms with Crippen molar-refractivity contribution in [3.63, 3.8) is 0 Å². The molecule has 0 aliphatic carbocycles. The highest BCUT2D eigenvalue weighted by atomic mass is 32.2. The van der Waals surface area contributed by atoms with E-state index in [1.54, 1.807) is 0 Å². The van der Waals surface area contributed by atoms with E-state index in [2.05, 4.69) is 26.1 Å². The Balaban J connectivity index is 3.53. The maximum Gasteiger partial charge on any atom is 0.0610 e. The zero-order chi connectivity index (χ0) is 12.3. The second-order valence-corrected chi connectivity index (χ2v) is 5.94. The van der Waals surface area contributed by atoms with Gasteiger partial charge in [0.1, 0.15) is 0 Å². The van der Waals surface area contributed by atoms with Gasteiger partial charge in [-0.15, -0.1) is 0 Å². The lowest BCUT2D eigenvalue weighted by Gasteiger charge is -2.28. The van der Waals surface area contributed by atoms with Crippen LogP contribution < -0.4 is 5.32 Å². The third kappa shape index (κ3) is 8.43. The molecule has 0 saturated carbocycles. The maximum atomic E-state index is 9.38. The van der Waals surface area contributed by atoms with Crippen LogP contribution in [0.15, 0.2) is 0 Å². The average molecular weight is 247 g/mol. The summed E-state index contributed by atoms with van der Waals surface area (Å²) < 4.78 is 0. The summed E-state index contributed by atoms with van der Waals surface area (Å²) in [6.07, 6.45) is 5.97. The van der Waals surface area contributed by atoms with Crippen LogP contribution in [0.3, 0.4) is 0 Å². The van der Waals surface area contributed by atoms with Crippen LogP contribution in [-0.2, 0) is 0 Å². The van der Waals surface area contributed by atoms with Crippen molar-refractivity contribution in [3.8, 4) is 0 Å². The Morgan fingerprint density at radius 1 is 1.12 bits per heavy atom. The van der Waals surface area contributed by atoms with Gasteiger partial charge in [0.25, 0.3) is 0 Å². The molecule has 0 aromatic rings. The predicted octanol–water partition coefficient (Wildman–Crippen LogP) is 3.05. The molecule has 0 aromatic carbocycles. The number of aliphatic hydroxyl groups excluding tert-OH is 1. The third-order valence-electron chi connectivity index (χ3n) is 2.77. The summed E-state index contributed by atoms with van der Waals surface area (Å²) in [6.45, 7) is 7.76. The summed E-state index contributed by atoms with van der Waals surface area (Å²) in [5.74, 6) is 2.55. The van der Waals surface area contributed by atoms with E-state index in [0.29, 0.717) is 0 Å². The van der Waals surface area contributed by atoms with E-state index in [9.17, 15) is 5.11 Å². The van der Waals surface area contributed by atoms with Gasteiger partial charge in [-0.3, -0.25) is 0 Å². The molecule has 0 aliphatic heterocycles. The summed E-state index contributed by atoms with van der Waals surface area (Å²) in [4.78, 5) is 0. The molecule has 0 heterocycles. The zero-order valence-corrected chi connectivity index (χ0v) is 12.0. The van der Waals surface area contributed by atoms with E-state index in [-0.39, 0.29) is 12.1 Å². The fourth-order valence-corrected chi connectivity index (χ4v) is 2.52. The van der Waals surface area contributed by atoms with E-state index in [4.69, 9.17) is 0 Å². The number of aliphatic hydroxyl groups is 1. The van der Waals surface area contributed by atoms with Crippen LogP contribution in [0.25, 0.3) is 0 Å². The molecule has 0 amide bonds. The smallest absolute Gasteiger partial charge is 0.0610 e. The largest absolute Gasteiger partial charge is 0.394 e. The molecule has 0 rings (SSSR count). The molecule has 0 radical (unpaired) electrons. The van der Waals surface area contributed by atoms with Gasteiger partial charge in [-0.05, 0) is 50.7 Å². The molecule has 1 atom stereocenters. The Kier molecular flexibility index (Phi) is 10.6. The zero-order valence-electron chi connectivity index (χ0n) is 11.2. The maximum absolute atomic E-state index is 9.38. The lowest BCUT2D eigenvalue weighted by atomic mass is 9.96. The standard InChI is InChI=1S/C13H29NOS/c1-4-9-14-13(3,12-15)8-6-7-11-16-10-5-2/h14-15H,4-12H2,1-3H3. The van der Waals surface area contributed by atoms with Crippen molar-refractivity contribution < 1.29 is 5.11 Å². The van der Waals surface area contributed by atoms with Crippen LogP contribution in [0.5, 0.6) is 0 Å². The lowest BCUT2D eigenvalue weighted by Crippen LogP contribution is -2.46. The van der Waals surface area contributed by atoms with Crippen LogP contribution in [0.1, 0.15) is 52.9 Å². The van der Waals surface area contributed by atoms with Gasteiger partial charge in [0.2, 0.25) is 0 Å². The van der Waals surface area contributed by atoms with Gasteiger partial charge >= 0.3 is 0 Å². The quantitative estimate of drug-likeness (QED) is 0.550. The Bertz CT molecular complexity index is 155. The molecular weight excluding hydrogens is 218 g/mol. The van der Waals surface area contributed by atoms with E-state index < -0.39 is 0 Å². The fourth-order valence-electron chi connectivity index (χ4n) is 1.62. The van der Waals surface area contributed by atoms with Crippen molar-refractivity contribution in [2.24, 2.45) is 0 Å². The Morgan fingerprint density at radius 2 is 1.88 bits per heavy atom. The third-order valence-corrected chi connectivity index (χ3v) is 4.04. The van der Waals surface area contributed by atoms with Crippen LogP contribution in [0, 0.1) is 0 Å². The Morgan fingerprint density at radius 3 is 2.44 bits per heavy atom. The lowest BCUT2D eigenvalue weighted by molar-refractivity contribution is 0.163. The molecule has 98 valence electrons. The molecule has 0 saturated heterocycles. The molecule has 1 unspecified atom stereocenters. The molecule has 0 spiro atoms. The number of thioether (sulfide) groups is 1. The van der Waals surface area contributed by atoms with Crippen molar-refractivity contribution >= 4 is 11.8 Å². The van der Waals surface area contributed by atoms with Gasteiger partial charge in [0.05, 0.1) is 6.61 Å². The first-order valence-corrected chi connectivity index (χ1v) is 7.77. The predicted molar refractivity (Wildman–Crippen MR) is 75.3 cm³/mol. The van der Waals surface area contributed by atoms with Gasteiger partial charge in [0.15, 0.2) is 0 Å². The minimum atomic E-state index is -0.0641. The molecule has 0 fully saturated rings. The molecule has 2 N–H and O–H groups in total. The van der Waals surface area contributed by atoms with E-state index in [1.807, 2.05) is 11.8 Å². The first-order valence-electron chi connectivity index (χ1n) is 6.62. The second-order valence-electron chi connectivity index (χ2n) is 4.72. The topological polar surface area (TPSA) is 32.3 Å². The fraction of sp³-hybridized carbons (Fsp3) is 1.00. The van der Waals surface area contributed by atoms with Gasteiger partial charge in [0, 0.05) is 5.54 Å². The van der Waals surface area contributed by atoms with Crippen LogP contribution in [0.4, 0.5) is 0 Å². The van der Waals surface area contributed by atoms with Gasteiger partial charge in [-0.2, -0.15) is 11.8 Å². The number of hydrogen-bond acceptors (Lipinski definition) is 3. The second kappa shape index (κ2) is 10.4. The van der Waals surface area contributed by atoms with E-state index in [1.165, 1.54) is 30.8 Å². The van der Waals surface area contributed by atoms with Crippen molar-refractivity contribution in [2.45, 2.75) is 58.4 Å².